The van der Waals surface area contributed by atoms with Gasteiger partial charge < -0.3 is 4.74 Å². The number of fused-ring (bicyclic) bond motifs is 1. The van der Waals surface area contributed by atoms with Crippen LogP contribution in [0, 0.1) is 5.82 Å². The average Bonchev–Trinajstić information content (AvgIpc) is 3.41. The minimum Gasteiger partial charge on any atom is -0.379 e. The minimum absolute atomic E-state index is 0.203. The molecule has 10 heteroatoms. The Balaban J connectivity index is 1.24. The normalized spacial score (nSPS) is 14.0. The van der Waals surface area contributed by atoms with Crippen LogP contribution in [0.5, 0.6) is 0 Å². The fraction of sp³-hybridized carbons (Fsp3) is 0.172. The van der Waals surface area contributed by atoms with Crippen LogP contribution in [0.15, 0.2) is 79.3 Å². The first-order valence-electron chi connectivity index (χ1n) is 12.6. The molecule has 9 nitrogen and oxygen atoms in total. The van der Waals surface area contributed by atoms with Crippen LogP contribution in [0.1, 0.15) is 16.1 Å². The van der Waals surface area contributed by atoms with Gasteiger partial charge in [-0.25, -0.2) is 15.2 Å². The lowest BCUT2D eigenvalue weighted by Crippen LogP contribution is -2.37. The molecule has 6 rings (SSSR count). The summed E-state index contributed by atoms with van der Waals surface area (Å²) < 4.78 is 18.7. The smallest absolute Gasteiger partial charge is 0.293 e. The Labute approximate surface area is 224 Å². The van der Waals surface area contributed by atoms with Crippen LogP contribution in [0.2, 0.25) is 0 Å². The Morgan fingerprint density at radius 1 is 0.974 bits per heavy atom. The highest BCUT2D eigenvalue weighted by molar-refractivity contribution is 6.12. The lowest BCUT2D eigenvalue weighted by Gasteiger charge is -2.26. The SMILES string of the molecule is NN(C(=O)c1n[nH]c2ccc(-c3cncc(CN4CCOCC4)c3)cc12)c1ccc(-c2ccc(F)cc2)nc1. The number of rotatable bonds is 6. The number of aromatic nitrogens is 4. The number of amides is 1. The van der Waals surface area contributed by atoms with Crippen LogP contribution in [-0.4, -0.2) is 57.3 Å². The highest BCUT2D eigenvalue weighted by atomic mass is 19.1. The van der Waals surface area contributed by atoms with E-state index < -0.39 is 5.91 Å². The monoisotopic (exact) mass is 523 g/mol. The van der Waals surface area contributed by atoms with Gasteiger partial charge in [0.15, 0.2) is 5.69 Å². The number of nitrogens with zero attached hydrogens (tertiary/aromatic N) is 5. The molecule has 3 aromatic heterocycles. The first kappa shape index (κ1) is 24.8. The summed E-state index contributed by atoms with van der Waals surface area (Å²) in [5, 5.41) is 8.86. The fourth-order valence-electron chi connectivity index (χ4n) is 4.66. The maximum absolute atomic E-state index is 13.4. The molecule has 0 unspecified atom stereocenters. The Bertz CT molecular complexity index is 1610. The molecule has 196 valence electrons. The highest BCUT2D eigenvalue weighted by Gasteiger charge is 2.21. The molecular weight excluding hydrogens is 497 g/mol. The Morgan fingerprint density at radius 2 is 1.77 bits per heavy atom. The van der Waals surface area contributed by atoms with Crippen LogP contribution in [0.25, 0.3) is 33.3 Å². The number of anilines is 1. The van der Waals surface area contributed by atoms with Gasteiger partial charge in [0.05, 0.1) is 36.3 Å². The van der Waals surface area contributed by atoms with Gasteiger partial charge in [-0.05, 0) is 65.7 Å². The number of carbonyl (C=O) groups excluding carboxylic acids is 1. The zero-order chi connectivity index (χ0) is 26.8. The Hall–Kier alpha value is -4.51. The number of benzene rings is 2. The number of nitrogens with two attached hydrogens (primary N) is 1. The van der Waals surface area contributed by atoms with Crippen molar-refractivity contribution in [2.75, 3.05) is 31.3 Å². The van der Waals surface area contributed by atoms with Gasteiger partial charge in [-0.2, -0.15) is 5.10 Å². The Morgan fingerprint density at radius 3 is 2.54 bits per heavy atom. The van der Waals surface area contributed by atoms with Gasteiger partial charge >= 0.3 is 0 Å². The van der Waals surface area contributed by atoms with Gasteiger partial charge in [-0.15, -0.1) is 0 Å². The fourth-order valence-corrected chi connectivity index (χ4v) is 4.66. The van der Waals surface area contributed by atoms with Crippen molar-refractivity contribution in [1.29, 1.82) is 0 Å². The van der Waals surface area contributed by atoms with Gasteiger partial charge in [0.25, 0.3) is 5.91 Å². The summed E-state index contributed by atoms with van der Waals surface area (Å²) in [6.07, 6.45) is 5.20. The molecule has 1 fully saturated rings. The standard InChI is InChI=1S/C29H26FN7O2/c30-23-4-1-20(2-5-23)26-8-6-24(17-33-26)37(31)29(38)28-25-14-21(3-7-27(25)34-35-28)22-13-19(15-32-16-22)18-36-9-11-39-12-10-36/h1-8,13-17H,9-12,18,31H2,(H,34,35). The summed E-state index contributed by atoms with van der Waals surface area (Å²) in [5.41, 5.74) is 5.70. The van der Waals surface area contributed by atoms with E-state index >= 15 is 0 Å². The molecule has 1 saturated heterocycles. The highest BCUT2D eigenvalue weighted by Crippen LogP contribution is 2.27. The van der Waals surface area contributed by atoms with Crippen LogP contribution in [0.3, 0.4) is 0 Å². The molecule has 1 aliphatic heterocycles. The maximum atomic E-state index is 13.4. The van der Waals surface area contributed by atoms with Gasteiger partial charge in [-0.3, -0.25) is 24.8 Å². The number of hydrazine groups is 1. The van der Waals surface area contributed by atoms with Gasteiger partial charge in [0.2, 0.25) is 0 Å². The minimum atomic E-state index is -0.478. The molecule has 0 atom stereocenters. The third-order valence-corrected chi connectivity index (χ3v) is 6.79. The molecule has 4 heterocycles. The van der Waals surface area contributed by atoms with E-state index in [1.54, 1.807) is 24.3 Å². The molecule has 5 aromatic rings. The Kier molecular flexibility index (Phi) is 6.80. The van der Waals surface area contributed by atoms with Gasteiger partial charge in [0, 0.05) is 48.5 Å². The van der Waals surface area contributed by atoms with E-state index in [1.807, 2.05) is 30.6 Å². The summed E-state index contributed by atoms with van der Waals surface area (Å²) in [6.45, 7) is 4.09. The number of hydrogen-bond acceptors (Lipinski definition) is 7. The third kappa shape index (κ3) is 5.26. The number of carbonyl (C=O) groups is 1. The summed E-state index contributed by atoms with van der Waals surface area (Å²) in [7, 11) is 0. The van der Waals surface area contributed by atoms with Crippen molar-refractivity contribution in [3.05, 3.63) is 96.3 Å². The lowest BCUT2D eigenvalue weighted by atomic mass is 10.0. The predicted octanol–water partition coefficient (Wildman–Crippen LogP) is 4.18. The number of morpholine rings is 1. The molecule has 0 spiro atoms. The van der Waals surface area contributed by atoms with E-state index in [4.69, 9.17) is 10.6 Å². The second-order valence-corrected chi connectivity index (χ2v) is 9.39. The second kappa shape index (κ2) is 10.7. The predicted molar refractivity (Wildman–Crippen MR) is 146 cm³/mol. The van der Waals surface area contributed by atoms with E-state index in [2.05, 4.69) is 31.1 Å². The average molecular weight is 524 g/mol. The largest absolute Gasteiger partial charge is 0.379 e. The molecule has 2 aromatic carbocycles. The molecule has 1 aliphatic rings. The molecule has 0 bridgehead atoms. The number of ether oxygens (including phenoxy) is 1. The first-order valence-corrected chi connectivity index (χ1v) is 12.6. The number of halogens is 1. The van der Waals surface area contributed by atoms with Crippen LogP contribution >= 0.6 is 0 Å². The number of H-pyrrole nitrogens is 1. The van der Waals surface area contributed by atoms with Gasteiger partial charge in [0.1, 0.15) is 5.82 Å². The number of hydrogen-bond donors (Lipinski definition) is 2. The van der Waals surface area contributed by atoms with E-state index in [9.17, 15) is 9.18 Å². The van der Waals surface area contributed by atoms with Crippen LogP contribution in [-0.2, 0) is 11.3 Å². The zero-order valence-corrected chi connectivity index (χ0v) is 21.0. The summed E-state index contributed by atoms with van der Waals surface area (Å²) >= 11 is 0. The van der Waals surface area contributed by atoms with Crippen molar-refractivity contribution < 1.29 is 13.9 Å². The molecule has 3 N–H and O–H groups in total. The van der Waals surface area contributed by atoms with Gasteiger partial charge in [-0.1, -0.05) is 6.07 Å². The molecule has 1 amide bonds. The second-order valence-electron chi connectivity index (χ2n) is 9.39. The summed E-state index contributed by atoms with van der Waals surface area (Å²) in [4.78, 5) is 24.5. The molecule has 39 heavy (non-hydrogen) atoms. The number of nitrogens with one attached hydrogen (secondary N) is 1. The van der Waals surface area contributed by atoms with Crippen molar-refractivity contribution >= 4 is 22.5 Å². The van der Waals surface area contributed by atoms with Crippen molar-refractivity contribution in [3.8, 4) is 22.4 Å². The number of pyridine rings is 2. The molecule has 0 aliphatic carbocycles. The lowest BCUT2D eigenvalue weighted by molar-refractivity contribution is 0.0341. The van der Waals surface area contributed by atoms with Crippen molar-refractivity contribution in [3.63, 3.8) is 0 Å². The van der Waals surface area contributed by atoms with E-state index in [0.29, 0.717) is 16.8 Å². The zero-order valence-electron chi connectivity index (χ0n) is 21.0. The molecular formula is C29H26FN7O2. The summed E-state index contributed by atoms with van der Waals surface area (Å²) in [5.74, 6) is 5.41. The number of aromatic amines is 1. The first-order chi connectivity index (χ1) is 19.0. The van der Waals surface area contributed by atoms with Crippen molar-refractivity contribution in [2.45, 2.75) is 6.54 Å². The van der Waals surface area contributed by atoms with Crippen LogP contribution < -0.4 is 10.9 Å². The van der Waals surface area contributed by atoms with Crippen LogP contribution in [0.4, 0.5) is 10.1 Å². The topological polar surface area (TPSA) is 113 Å². The van der Waals surface area contributed by atoms with E-state index in [1.165, 1.54) is 18.3 Å². The van der Waals surface area contributed by atoms with E-state index in [-0.39, 0.29) is 11.5 Å². The third-order valence-electron chi connectivity index (χ3n) is 6.79. The van der Waals surface area contributed by atoms with Crippen molar-refractivity contribution in [2.24, 2.45) is 5.84 Å². The molecule has 0 radical (unpaired) electrons. The van der Waals surface area contributed by atoms with E-state index in [0.717, 1.165) is 65.6 Å². The summed E-state index contributed by atoms with van der Waals surface area (Å²) in [6, 6.07) is 17.4. The quantitative estimate of drug-likeness (QED) is 0.195. The van der Waals surface area contributed by atoms with Crippen molar-refractivity contribution in [1.82, 2.24) is 25.1 Å². The maximum Gasteiger partial charge on any atom is 0.293 e. The molecule has 0 saturated carbocycles.